The summed E-state index contributed by atoms with van der Waals surface area (Å²) in [7, 11) is 0. The summed E-state index contributed by atoms with van der Waals surface area (Å²) in [5.41, 5.74) is 0.854. The van der Waals surface area contributed by atoms with Gasteiger partial charge in [-0.3, -0.25) is 0 Å². The van der Waals surface area contributed by atoms with Gasteiger partial charge in [0.2, 0.25) is 0 Å². The van der Waals surface area contributed by atoms with Crippen LogP contribution in [0.3, 0.4) is 0 Å². The van der Waals surface area contributed by atoms with Gasteiger partial charge in [-0.05, 0) is 34.7 Å². The lowest BCUT2D eigenvalue weighted by molar-refractivity contribution is -0.193. The fraction of sp³-hybridized carbons (Fsp3) is 0.158. The van der Waals surface area contributed by atoms with Crippen LogP contribution in [0.1, 0.15) is 40.3 Å². The van der Waals surface area contributed by atoms with Crippen molar-refractivity contribution in [3.8, 4) is 0 Å². The van der Waals surface area contributed by atoms with Crippen LogP contribution in [-0.4, -0.2) is 22.4 Å². The monoisotopic (exact) mass is 554 g/mol. The van der Waals surface area contributed by atoms with E-state index < -0.39 is 29.2 Å². The molecule has 1 aliphatic heterocycles. The Morgan fingerprint density at radius 3 is 1.14 bits per heavy atom. The average molecular weight is 555 g/mol. The molecule has 4 heteroatoms. The molecule has 5 aromatic rings. The summed E-state index contributed by atoms with van der Waals surface area (Å²) >= 11 is 0. The van der Waals surface area contributed by atoms with Gasteiger partial charge < -0.3 is 19.7 Å². The first kappa shape index (κ1) is 27.8. The van der Waals surface area contributed by atoms with Gasteiger partial charge in [0.25, 0.3) is 0 Å². The molecule has 0 spiro atoms. The fourth-order valence-corrected chi connectivity index (χ4v) is 6.06. The molecule has 4 nitrogen and oxygen atoms in total. The van der Waals surface area contributed by atoms with Crippen molar-refractivity contribution in [2.24, 2.45) is 0 Å². The highest BCUT2D eigenvalue weighted by molar-refractivity contribution is 5.48. The van der Waals surface area contributed by atoms with E-state index in [-0.39, 0.29) is 0 Å². The largest absolute Gasteiger partial charge is 0.378 e. The van der Waals surface area contributed by atoms with Gasteiger partial charge in [-0.1, -0.05) is 158 Å². The third-order valence-electron chi connectivity index (χ3n) is 8.33. The summed E-state index contributed by atoms with van der Waals surface area (Å²) in [6, 6.07) is 45.6. The summed E-state index contributed by atoms with van der Waals surface area (Å²) in [6.07, 6.45) is -0.310. The maximum absolute atomic E-state index is 13.0. The summed E-state index contributed by atoms with van der Waals surface area (Å²) in [4.78, 5) is 0. The minimum atomic E-state index is -1.69. The summed E-state index contributed by atoms with van der Waals surface area (Å²) in [5, 5.41) is 26.0. The first-order valence-electron chi connectivity index (χ1n) is 14.1. The van der Waals surface area contributed by atoms with E-state index in [1.165, 1.54) is 0 Å². The lowest BCUT2D eigenvalue weighted by Gasteiger charge is -2.42. The molecule has 6 rings (SSSR count). The highest BCUT2D eigenvalue weighted by Gasteiger charge is 2.62. The zero-order valence-corrected chi connectivity index (χ0v) is 23.5. The lowest BCUT2D eigenvalue weighted by Crippen LogP contribution is -2.54. The van der Waals surface area contributed by atoms with E-state index in [0.717, 1.165) is 11.1 Å². The first-order chi connectivity index (χ1) is 20.4. The Morgan fingerprint density at radius 1 is 0.548 bits per heavy atom. The number of benzene rings is 5. The molecule has 5 aromatic carbocycles. The van der Waals surface area contributed by atoms with Crippen molar-refractivity contribution < 1.29 is 19.7 Å². The Balaban J connectivity index is 1.61. The van der Waals surface area contributed by atoms with Gasteiger partial charge in [-0.15, -0.1) is 0 Å². The van der Waals surface area contributed by atoms with Crippen LogP contribution in [0.25, 0.3) is 6.08 Å². The van der Waals surface area contributed by atoms with Crippen LogP contribution in [0.2, 0.25) is 0 Å². The molecule has 1 fully saturated rings. The van der Waals surface area contributed by atoms with Crippen LogP contribution in [0.4, 0.5) is 0 Å². The Labute approximate surface area is 247 Å². The van der Waals surface area contributed by atoms with Crippen LogP contribution < -0.4 is 0 Å². The molecule has 42 heavy (non-hydrogen) atoms. The highest BCUT2D eigenvalue weighted by atomic mass is 16.8. The lowest BCUT2D eigenvalue weighted by atomic mass is 9.72. The summed E-state index contributed by atoms with van der Waals surface area (Å²) < 4.78 is 13.9. The minimum absolute atomic E-state index is 0.629. The smallest absolute Gasteiger partial charge is 0.193 e. The van der Waals surface area contributed by atoms with Crippen molar-refractivity contribution in [3.05, 3.63) is 186 Å². The van der Waals surface area contributed by atoms with Gasteiger partial charge >= 0.3 is 0 Å². The van der Waals surface area contributed by atoms with Gasteiger partial charge in [0.05, 0.1) is 0 Å². The Kier molecular flexibility index (Phi) is 7.40. The van der Waals surface area contributed by atoms with Crippen molar-refractivity contribution in [2.45, 2.75) is 36.1 Å². The van der Waals surface area contributed by atoms with Gasteiger partial charge in [0, 0.05) is 5.56 Å². The molecule has 2 N–H and O–H groups in total. The van der Waals surface area contributed by atoms with Crippen molar-refractivity contribution in [1.82, 2.24) is 0 Å². The Morgan fingerprint density at radius 2 is 0.857 bits per heavy atom. The topological polar surface area (TPSA) is 58.9 Å². The van der Waals surface area contributed by atoms with Crippen LogP contribution in [-0.2, 0) is 26.5 Å². The molecule has 1 saturated heterocycles. The molecule has 0 aromatic heterocycles. The second-order valence-corrected chi connectivity index (χ2v) is 10.8. The molecule has 0 radical (unpaired) electrons. The summed E-state index contributed by atoms with van der Waals surface area (Å²) in [5.74, 6) is -1.30. The van der Waals surface area contributed by atoms with E-state index in [2.05, 4.69) is 6.58 Å². The predicted molar refractivity (Wildman–Crippen MR) is 165 cm³/mol. The number of ether oxygens (including phenoxy) is 2. The van der Waals surface area contributed by atoms with Gasteiger partial charge in [-0.25, -0.2) is 0 Å². The van der Waals surface area contributed by atoms with E-state index in [1.54, 1.807) is 6.08 Å². The number of hydrogen-bond donors (Lipinski definition) is 2. The van der Waals surface area contributed by atoms with E-state index in [0.29, 0.717) is 22.3 Å². The molecule has 0 bridgehead atoms. The maximum atomic E-state index is 13.0. The second kappa shape index (κ2) is 11.2. The third-order valence-corrected chi connectivity index (χ3v) is 8.33. The maximum Gasteiger partial charge on any atom is 0.193 e. The number of aliphatic hydroxyl groups is 2. The summed E-state index contributed by atoms with van der Waals surface area (Å²) in [6.45, 7) is 5.71. The van der Waals surface area contributed by atoms with Crippen molar-refractivity contribution in [1.29, 1.82) is 0 Å². The van der Waals surface area contributed by atoms with E-state index in [9.17, 15) is 10.2 Å². The SMILES string of the molecule is C=Cc1ccc(C2(C)O[C@@H](C(O)(c3ccccc3)c3ccccc3)[C@H](C(O)(c3ccccc3)c3ccccc3)O2)cc1. The Hall–Kier alpha value is -4.32. The van der Waals surface area contributed by atoms with Crippen LogP contribution >= 0.6 is 0 Å². The Bertz CT molecular complexity index is 1440. The van der Waals surface area contributed by atoms with Gasteiger partial charge in [-0.2, -0.15) is 0 Å². The highest BCUT2D eigenvalue weighted by Crippen LogP contribution is 2.52. The average Bonchev–Trinajstić information content (AvgIpc) is 3.45. The minimum Gasteiger partial charge on any atom is -0.378 e. The number of rotatable bonds is 8. The van der Waals surface area contributed by atoms with Crippen molar-refractivity contribution in [3.63, 3.8) is 0 Å². The quantitative estimate of drug-likeness (QED) is 0.214. The van der Waals surface area contributed by atoms with Gasteiger partial charge in [0.15, 0.2) is 5.79 Å². The predicted octanol–water partition coefficient (Wildman–Crippen LogP) is 7.16. The van der Waals surface area contributed by atoms with E-state index in [1.807, 2.05) is 153 Å². The molecule has 0 saturated carbocycles. The van der Waals surface area contributed by atoms with Crippen LogP contribution in [0.5, 0.6) is 0 Å². The second-order valence-electron chi connectivity index (χ2n) is 10.8. The zero-order valence-electron chi connectivity index (χ0n) is 23.5. The van der Waals surface area contributed by atoms with Crippen molar-refractivity contribution in [2.75, 3.05) is 0 Å². The van der Waals surface area contributed by atoms with Gasteiger partial charge in [0.1, 0.15) is 23.4 Å². The number of hydrogen-bond acceptors (Lipinski definition) is 4. The van der Waals surface area contributed by atoms with Crippen LogP contribution in [0.15, 0.2) is 152 Å². The standard InChI is InChI=1S/C38H34O4/c1-3-28-24-26-29(27-25-28)36(2)41-34(37(39,30-16-8-4-9-17-30)31-18-10-5-11-19-31)35(42-36)38(40,32-20-12-6-13-21-32)33-22-14-7-15-23-33/h3-27,34-35,39-40H,1H2,2H3/t34-,35-/m1/s1. The van der Waals surface area contributed by atoms with Crippen molar-refractivity contribution >= 4 is 6.08 Å². The first-order valence-corrected chi connectivity index (χ1v) is 14.1. The molecule has 1 aliphatic rings. The van der Waals surface area contributed by atoms with E-state index in [4.69, 9.17) is 9.47 Å². The molecular formula is C38H34O4. The molecular weight excluding hydrogens is 520 g/mol. The third kappa shape index (κ3) is 4.69. The molecule has 210 valence electrons. The molecule has 0 amide bonds. The molecule has 0 unspecified atom stereocenters. The van der Waals surface area contributed by atoms with E-state index >= 15 is 0 Å². The molecule has 0 aliphatic carbocycles. The fourth-order valence-electron chi connectivity index (χ4n) is 6.06. The zero-order chi connectivity index (χ0) is 29.2. The molecule has 2 atom stereocenters. The van der Waals surface area contributed by atoms with Crippen LogP contribution in [0, 0.1) is 0 Å². The normalized spacial score (nSPS) is 18.5. The molecule has 1 heterocycles.